The van der Waals surface area contributed by atoms with Crippen LogP contribution in [0.4, 0.5) is 19.1 Å². The molecule has 0 aromatic carbocycles. The SMILES string of the molecule is O=c1[nH]c(N2CCCC(O)(C(F)(F)F)CC2)nc2[nH]ncc12. The van der Waals surface area contributed by atoms with Crippen molar-refractivity contribution in [2.45, 2.75) is 31.0 Å². The minimum absolute atomic E-state index is 0.0570. The van der Waals surface area contributed by atoms with Crippen LogP contribution in [0.15, 0.2) is 11.0 Å². The van der Waals surface area contributed by atoms with Gasteiger partial charge in [-0.25, -0.2) is 0 Å². The van der Waals surface area contributed by atoms with E-state index in [0.717, 1.165) is 0 Å². The van der Waals surface area contributed by atoms with Crippen molar-refractivity contribution in [2.24, 2.45) is 0 Å². The molecular formula is C12H14F3N5O2. The molecule has 1 aliphatic heterocycles. The molecule has 2 aromatic heterocycles. The molecular weight excluding hydrogens is 303 g/mol. The average Bonchev–Trinajstić information content (AvgIpc) is 2.81. The van der Waals surface area contributed by atoms with Crippen molar-refractivity contribution in [3.63, 3.8) is 0 Å². The number of hydrogen-bond donors (Lipinski definition) is 3. The number of alkyl halides is 3. The summed E-state index contributed by atoms with van der Waals surface area (Å²) in [6.07, 6.45) is -4.04. The fourth-order valence-electron chi connectivity index (χ4n) is 2.60. The molecule has 1 atom stereocenters. The summed E-state index contributed by atoms with van der Waals surface area (Å²) in [5.41, 5.74) is -2.83. The molecule has 3 heterocycles. The van der Waals surface area contributed by atoms with E-state index in [1.54, 1.807) is 0 Å². The number of nitrogens with zero attached hydrogens (tertiary/aromatic N) is 3. The van der Waals surface area contributed by atoms with Gasteiger partial charge in [-0.3, -0.25) is 14.9 Å². The maximum Gasteiger partial charge on any atom is 0.417 e. The Morgan fingerprint density at radius 2 is 2.09 bits per heavy atom. The van der Waals surface area contributed by atoms with Crippen molar-refractivity contribution in [3.05, 3.63) is 16.6 Å². The van der Waals surface area contributed by atoms with Crippen molar-refractivity contribution in [2.75, 3.05) is 18.0 Å². The summed E-state index contributed by atoms with van der Waals surface area (Å²) in [5, 5.41) is 16.3. The Bertz CT molecular complexity index is 740. The molecule has 7 nitrogen and oxygen atoms in total. The third-order valence-corrected chi connectivity index (χ3v) is 3.95. The lowest BCUT2D eigenvalue weighted by molar-refractivity contribution is -0.263. The molecule has 0 saturated carbocycles. The van der Waals surface area contributed by atoms with Crippen LogP contribution in [0.2, 0.25) is 0 Å². The van der Waals surface area contributed by atoms with Gasteiger partial charge in [0.2, 0.25) is 5.95 Å². The minimum atomic E-state index is -4.67. The lowest BCUT2D eigenvalue weighted by Gasteiger charge is -2.29. The van der Waals surface area contributed by atoms with Crippen molar-refractivity contribution < 1.29 is 18.3 Å². The fraction of sp³-hybridized carbons (Fsp3) is 0.583. The molecule has 0 aliphatic carbocycles. The average molecular weight is 317 g/mol. The van der Waals surface area contributed by atoms with Crippen LogP contribution < -0.4 is 10.5 Å². The van der Waals surface area contributed by atoms with E-state index in [0.29, 0.717) is 0 Å². The number of fused-ring (bicyclic) bond motifs is 1. The highest BCUT2D eigenvalue weighted by molar-refractivity contribution is 5.73. The zero-order chi connectivity index (χ0) is 16.0. The van der Waals surface area contributed by atoms with Gasteiger partial charge in [-0.2, -0.15) is 23.3 Å². The van der Waals surface area contributed by atoms with Crippen LogP contribution in [-0.2, 0) is 0 Å². The predicted octanol–water partition coefficient (Wildman–Crippen LogP) is 0.930. The van der Waals surface area contributed by atoms with Crippen LogP contribution in [0.3, 0.4) is 0 Å². The molecule has 0 amide bonds. The Hall–Kier alpha value is -2.10. The molecule has 1 saturated heterocycles. The maximum absolute atomic E-state index is 12.9. The number of anilines is 1. The summed E-state index contributed by atoms with van der Waals surface area (Å²) in [6.45, 7) is 0.208. The number of H-pyrrole nitrogens is 2. The number of rotatable bonds is 1. The molecule has 1 aliphatic rings. The molecule has 22 heavy (non-hydrogen) atoms. The number of halogens is 3. The van der Waals surface area contributed by atoms with Crippen molar-refractivity contribution in [3.8, 4) is 0 Å². The summed E-state index contributed by atoms with van der Waals surface area (Å²) in [6, 6.07) is 0. The molecule has 1 fully saturated rings. The highest BCUT2D eigenvalue weighted by Gasteiger charge is 2.53. The standard InChI is InChI=1S/C12H14F3N5O2/c13-12(14,15)11(22)2-1-4-20(5-3-11)10-17-8-7(6-16-19-8)9(21)18-10/h6,22H,1-5H2,(H2,16,17,18,19,21). The predicted molar refractivity (Wildman–Crippen MR) is 71.6 cm³/mol. The molecule has 0 radical (unpaired) electrons. The molecule has 0 spiro atoms. The Balaban J connectivity index is 1.88. The number of aromatic amines is 2. The summed E-state index contributed by atoms with van der Waals surface area (Å²) >= 11 is 0. The van der Waals surface area contributed by atoms with E-state index in [2.05, 4.69) is 20.2 Å². The largest absolute Gasteiger partial charge is 0.417 e. The molecule has 3 rings (SSSR count). The normalized spacial score (nSPS) is 23.7. The van der Waals surface area contributed by atoms with E-state index in [1.165, 1.54) is 11.1 Å². The van der Waals surface area contributed by atoms with Gasteiger partial charge >= 0.3 is 6.18 Å². The highest BCUT2D eigenvalue weighted by Crippen LogP contribution is 2.38. The van der Waals surface area contributed by atoms with E-state index in [4.69, 9.17) is 0 Å². The van der Waals surface area contributed by atoms with E-state index in [-0.39, 0.29) is 42.9 Å². The summed E-state index contributed by atoms with van der Waals surface area (Å²) in [4.78, 5) is 20.1. The molecule has 0 bridgehead atoms. The van der Waals surface area contributed by atoms with Gasteiger partial charge in [0.05, 0.1) is 6.20 Å². The van der Waals surface area contributed by atoms with E-state index in [1.807, 2.05) is 0 Å². The third kappa shape index (κ3) is 2.43. The summed E-state index contributed by atoms with van der Waals surface area (Å²) < 4.78 is 38.7. The van der Waals surface area contributed by atoms with Gasteiger partial charge in [-0.05, 0) is 12.8 Å². The lowest BCUT2D eigenvalue weighted by atomic mass is 9.94. The van der Waals surface area contributed by atoms with Gasteiger partial charge < -0.3 is 10.0 Å². The van der Waals surface area contributed by atoms with E-state index >= 15 is 0 Å². The molecule has 10 heteroatoms. The van der Waals surface area contributed by atoms with Crippen molar-refractivity contribution in [1.82, 2.24) is 20.2 Å². The van der Waals surface area contributed by atoms with E-state index in [9.17, 15) is 23.1 Å². The van der Waals surface area contributed by atoms with Gasteiger partial charge in [0.25, 0.3) is 5.56 Å². The first-order chi connectivity index (χ1) is 10.3. The maximum atomic E-state index is 12.9. The Morgan fingerprint density at radius 3 is 2.82 bits per heavy atom. The van der Waals surface area contributed by atoms with Crippen molar-refractivity contribution >= 4 is 17.0 Å². The van der Waals surface area contributed by atoms with Crippen LogP contribution in [0.1, 0.15) is 19.3 Å². The van der Waals surface area contributed by atoms with Crippen molar-refractivity contribution in [1.29, 1.82) is 0 Å². The number of aliphatic hydroxyl groups is 1. The monoisotopic (exact) mass is 317 g/mol. The minimum Gasteiger partial charge on any atom is -0.380 e. The third-order valence-electron chi connectivity index (χ3n) is 3.95. The molecule has 120 valence electrons. The van der Waals surface area contributed by atoms with Crippen LogP contribution >= 0.6 is 0 Å². The fourth-order valence-corrected chi connectivity index (χ4v) is 2.60. The molecule has 2 aromatic rings. The zero-order valence-corrected chi connectivity index (χ0v) is 11.4. The Labute approximate surface area is 122 Å². The quantitative estimate of drug-likeness (QED) is 0.727. The van der Waals surface area contributed by atoms with Crippen LogP contribution in [0, 0.1) is 0 Å². The second-order valence-corrected chi connectivity index (χ2v) is 5.39. The first-order valence-corrected chi connectivity index (χ1v) is 6.78. The highest BCUT2D eigenvalue weighted by atomic mass is 19.4. The summed E-state index contributed by atoms with van der Waals surface area (Å²) in [5.74, 6) is 0.174. The van der Waals surface area contributed by atoms with Gasteiger partial charge in [0.1, 0.15) is 5.39 Å². The van der Waals surface area contributed by atoms with E-state index < -0.39 is 23.8 Å². The molecule has 3 N–H and O–H groups in total. The van der Waals surface area contributed by atoms with Gasteiger partial charge in [0, 0.05) is 19.5 Å². The van der Waals surface area contributed by atoms with Crippen LogP contribution in [0.25, 0.3) is 11.0 Å². The summed E-state index contributed by atoms with van der Waals surface area (Å²) in [7, 11) is 0. The van der Waals surface area contributed by atoms with Crippen LogP contribution in [0.5, 0.6) is 0 Å². The first kappa shape index (κ1) is 14.8. The Kier molecular flexibility index (Phi) is 3.35. The van der Waals surface area contributed by atoms with Crippen LogP contribution in [-0.4, -0.2) is 50.1 Å². The topological polar surface area (TPSA) is 97.9 Å². The molecule has 1 unspecified atom stereocenters. The number of aromatic nitrogens is 4. The second kappa shape index (κ2) is 4.97. The number of hydrogen-bond acceptors (Lipinski definition) is 5. The Morgan fingerprint density at radius 1 is 1.32 bits per heavy atom. The van der Waals surface area contributed by atoms with Gasteiger partial charge in [-0.15, -0.1) is 0 Å². The smallest absolute Gasteiger partial charge is 0.380 e. The first-order valence-electron chi connectivity index (χ1n) is 6.78. The number of nitrogens with one attached hydrogen (secondary N) is 2. The van der Waals surface area contributed by atoms with Gasteiger partial charge in [0.15, 0.2) is 11.2 Å². The van der Waals surface area contributed by atoms with Gasteiger partial charge in [-0.1, -0.05) is 0 Å². The second-order valence-electron chi connectivity index (χ2n) is 5.39. The zero-order valence-electron chi connectivity index (χ0n) is 11.4. The lowest BCUT2D eigenvalue weighted by Crippen LogP contribution is -2.45.